The van der Waals surface area contributed by atoms with Gasteiger partial charge in [0, 0.05) is 27.7 Å². The number of anilines is 1. The van der Waals surface area contributed by atoms with Gasteiger partial charge in [-0.1, -0.05) is 37.0 Å². The van der Waals surface area contributed by atoms with E-state index in [2.05, 4.69) is 30.2 Å². The summed E-state index contributed by atoms with van der Waals surface area (Å²) in [5.41, 5.74) is 1.88. The van der Waals surface area contributed by atoms with Crippen LogP contribution in [0.1, 0.15) is 47.2 Å². The Hall–Kier alpha value is -2.91. The molecule has 0 radical (unpaired) electrons. The molecule has 0 bridgehead atoms. The number of rotatable bonds is 5. The van der Waals surface area contributed by atoms with Crippen LogP contribution in [-0.2, 0) is 6.42 Å². The van der Waals surface area contributed by atoms with Crippen molar-refractivity contribution in [1.82, 2.24) is 20.3 Å². The Morgan fingerprint density at radius 3 is 2.46 bits per heavy atom. The van der Waals surface area contributed by atoms with Gasteiger partial charge in [-0.25, -0.2) is 9.89 Å². The minimum atomic E-state index is -0.842. The van der Waals surface area contributed by atoms with E-state index in [9.17, 15) is 14.4 Å². The predicted octanol–water partition coefficient (Wildman–Crippen LogP) is 2.72. The molecule has 0 aliphatic heterocycles. The van der Waals surface area contributed by atoms with Crippen molar-refractivity contribution in [3.63, 3.8) is 0 Å². The van der Waals surface area contributed by atoms with Gasteiger partial charge in [0.2, 0.25) is 5.82 Å². The molecule has 2 heterocycles. The zero-order valence-electron chi connectivity index (χ0n) is 14.8. The first-order chi connectivity index (χ1) is 13.2. The van der Waals surface area contributed by atoms with Gasteiger partial charge >= 0.3 is 5.76 Å². The minimum absolute atomic E-state index is 0.0389. The molecule has 0 saturated heterocycles. The molecule has 2 aromatic heterocycles. The fraction of sp³-hybridized carbons (Fsp3) is 0.235. The first-order valence-electron chi connectivity index (χ1n) is 8.18. The number of hydrogen-bond acceptors (Lipinski definition) is 6. The lowest BCUT2D eigenvalue weighted by atomic mass is 10.0. The fourth-order valence-electron chi connectivity index (χ4n) is 2.53. The number of benzene rings is 1. The third-order valence-electron chi connectivity index (χ3n) is 3.92. The average Bonchev–Trinajstić information content (AvgIpc) is 3.06. The number of carbonyl (C=O) groups is 1. The van der Waals surface area contributed by atoms with Crippen LogP contribution >= 0.6 is 23.2 Å². The van der Waals surface area contributed by atoms with Crippen molar-refractivity contribution >= 4 is 34.8 Å². The molecule has 3 aromatic rings. The van der Waals surface area contributed by atoms with E-state index in [0.717, 1.165) is 0 Å². The largest absolute Gasteiger partial charge is 0.439 e. The second-order valence-corrected chi connectivity index (χ2v) is 7.11. The van der Waals surface area contributed by atoms with Gasteiger partial charge in [0.05, 0.1) is 5.69 Å². The van der Waals surface area contributed by atoms with Gasteiger partial charge in [0.1, 0.15) is 0 Å². The van der Waals surface area contributed by atoms with Crippen LogP contribution in [0, 0.1) is 0 Å². The Morgan fingerprint density at radius 1 is 1.21 bits per heavy atom. The minimum Gasteiger partial charge on any atom is -0.319 e. The number of aromatic nitrogens is 4. The molecule has 146 valence electrons. The van der Waals surface area contributed by atoms with Crippen LogP contribution in [0.5, 0.6) is 0 Å². The normalized spacial score (nSPS) is 11.0. The Labute approximate surface area is 168 Å². The van der Waals surface area contributed by atoms with Crippen molar-refractivity contribution in [2.45, 2.75) is 26.2 Å². The van der Waals surface area contributed by atoms with Gasteiger partial charge in [-0.3, -0.25) is 19.1 Å². The number of nitrogens with one attached hydrogen (secondary N) is 3. The van der Waals surface area contributed by atoms with Gasteiger partial charge in [-0.05, 0) is 34.8 Å². The summed E-state index contributed by atoms with van der Waals surface area (Å²) in [6.45, 7) is 3.82. The van der Waals surface area contributed by atoms with Crippen molar-refractivity contribution in [2.24, 2.45) is 0 Å². The summed E-state index contributed by atoms with van der Waals surface area (Å²) in [6, 6.07) is 4.73. The molecule has 1 amide bonds. The van der Waals surface area contributed by atoms with E-state index in [-0.39, 0.29) is 17.3 Å². The molecule has 0 spiro atoms. The van der Waals surface area contributed by atoms with Crippen molar-refractivity contribution in [3.8, 4) is 0 Å². The molecule has 0 unspecified atom stereocenters. The van der Waals surface area contributed by atoms with Crippen LogP contribution in [-0.4, -0.2) is 26.2 Å². The number of hydrogen-bond donors (Lipinski definition) is 3. The zero-order chi connectivity index (χ0) is 20.4. The summed E-state index contributed by atoms with van der Waals surface area (Å²) in [5.74, 6) is -1.77. The first-order valence-corrected chi connectivity index (χ1v) is 8.94. The highest BCUT2D eigenvalue weighted by molar-refractivity contribution is 6.36. The molecule has 3 rings (SSSR count). The quantitative estimate of drug-likeness (QED) is 0.577. The van der Waals surface area contributed by atoms with E-state index in [1.165, 1.54) is 12.1 Å². The second-order valence-electron chi connectivity index (χ2n) is 6.29. The smallest absolute Gasteiger partial charge is 0.319 e. The second kappa shape index (κ2) is 7.99. The van der Waals surface area contributed by atoms with Gasteiger partial charge in [0.15, 0.2) is 0 Å². The van der Waals surface area contributed by atoms with Crippen molar-refractivity contribution in [2.75, 3.05) is 5.32 Å². The molecule has 0 aliphatic rings. The van der Waals surface area contributed by atoms with Crippen molar-refractivity contribution in [1.29, 1.82) is 0 Å². The molecule has 3 N–H and O–H groups in total. The Morgan fingerprint density at radius 2 is 1.89 bits per heavy atom. The number of H-pyrrole nitrogens is 2. The number of halogens is 2. The van der Waals surface area contributed by atoms with Gasteiger partial charge < -0.3 is 5.32 Å². The van der Waals surface area contributed by atoms with E-state index in [0.29, 0.717) is 39.0 Å². The summed E-state index contributed by atoms with van der Waals surface area (Å²) in [4.78, 5) is 36.9. The third kappa shape index (κ3) is 4.32. The third-order valence-corrected chi connectivity index (χ3v) is 4.59. The van der Waals surface area contributed by atoms with Crippen molar-refractivity contribution in [3.05, 3.63) is 71.8 Å². The summed E-state index contributed by atoms with van der Waals surface area (Å²) >= 11 is 12.6. The average molecular weight is 424 g/mol. The molecular weight excluding hydrogens is 409 g/mol. The topological polar surface area (TPSA) is 134 Å². The maximum atomic E-state index is 12.0. The summed E-state index contributed by atoms with van der Waals surface area (Å²) in [6.07, 6.45) is 0.291. The molecular formula is C17H15Cl2N5O4. The summed E-state index contributed by atoms with van der Waals surface area (Å²) in [5, 5.41) is 12.9. The van der Waals surface area contributed by atoms with E-state index >= 15 is 0 Å². The molecule has 11 heteroatoms. The van der Waals surface area contributed by atoms with E-state index < -0.39 is 11.7 Å². The predicted molar refractivity (Wildman–Crippen MR) is 103 cm³/mol. The first kappa shape index (κ1) is 19.8. The van der Waals surface area contributed by atoms with Crippen LogP contribution in [0.15, 0.2) is 32.3 Å². The van der Waals surface area contributed by atoms with Crippen LogP contribution in [0.3, 0.4) is 0 Å². The standard InChI is InChI=1S/C17H15Cl2N5O4/c1-7(2)10-3-9(22-23-15(10)25)4-11-12(18)5-8(6-13(11)19)20-16(26)14-21-17(27)28-24-14/h3,5-7H,4H2,1-2H3,(H,20,26)(H,23,25)(H,21,24,27). The molecule has 0 fully saturated rings. The lowest BCUT2D eigenvalue weighted by Crippen LogP contribution is -2.17. The van der Waals surface area contributed by atoms with Crippen LogP contribution in [0.25, 0.3) is 0 Å². The van der Waals surface area contributed by atoms with E-state index in [1.54, 1.807) is 6.07 Å². The highest BCUT2D eigenvalue weighted by Gasteiger charge is 2.16. The summed E-state index contributed by atoms with van der Waals surface area (Å²) < 4.78 is 4.28. The summed E-state index contributed by atoms with van der Waals surface area (Å²) in [7, 11) is 0. The van der Waals surface area contributed by atoms with E-state index in [1.807, 2.05) is 13.8 Å². The fourth-order valence-corrected chi connectivity index (χ4v) is 3.15. The van der Waals surface area contributed by atoms with Crippen LogP contribution < -0.4 is 16.6 Å². The Bertz CT molecular complexity index is 1130. The van der Waals surface area contributed by atoms with Crippen LogP contribution in [0.2, 0.25) is 10.0 Å². The molecule has 28 heavy (non-hydrogen) atoms. The molecule has 0 saturated carbocycles. The Balaban J connectivity index is 1.84. The SMILES string of the molecule is CC(C)c1cc(Cc2c(Cl)cc(NC(=O)c3noc(=O)[nH]3)cc2Cl)n[nH]c1=O. The molecule has 0 aliphatic carbocycles. The maximum absolute atomic E-state index is 12.0. The molecule has 9 nitrogen and oxygen atoms in total. The lowest BCUT2D eigenvalue weighted by molar-refractivity contribution is 0.101. The number of amides is 1. The lowest BCUT2D eigenvalue weighted by Gasteiger charge is -2.11. The molecule has 1 aromatic carbocycles. The number of nitrogens with zero attached hydrogens (tertiary/aromatic N) is 2. The number of carbonyl (C=O) groups excluding carboxylic acids is 1. The monoisotopic (exact) mass is 423 g/mol. The molecule has 0 atom stereocenters. The Kier molecular flexibility index (Phi) is 5.66. The van der Waals surface area contributed by atoms with Gasteiger partial charge in [-0.2, -0.15) is 5.10 Å². The van der Waals surface area contributed by atoms with Gasteiger partial charge in [0.25, 0.3) is 11.5 Å². The van der Waals surface area contributed by atoms with Crippen molar-refractivity contribution < 1.29 is 9.32 Å². The highest BCUT2D eigenvalue weighted by atomic mass is 35.5. The highest BCUT2D eigenvalue weighted by Crippen LogP contribution is 2.31. The maximum Gasteiger partial charge on any atom is 0.439 e. The van der Waals surface area contributed by atoms with Crippen LogP contribution in [0.4, 0.5) is 5.69 Å². The zero-order valence-corrected chi connectivity index (χ0v) is 16.3. The van der Waals surface area contributed by atoms with E-state index in [4.69, 9.17) is 23.2 Å². The van der Waals surface area contributed by atoms with Gasteiger partial charge in [-0.15, -0.1) is 0 Å². The number of aromatic amines is 2.